The van der Waals surface area contributed by atoms with Crippen LogP contribution in [-0.4, -0.2) is 6.04 Å². The largest absolute Gasteiger partial charge is 0.416 e. The molecule has 8 heteroatoms. The van der Waals surface area contributed by atoms with Crippen LogP contribution in [-0.2, 0) is 12.4 Å². The zero-order valence-corrected chi connectivity index (χ0v) is 46.9. The minimum atomic E-state index is -4.55. The van der Waals surface area contributed by atoms with Crippen molar-refractivity contribution in [3.8, 4) is 44.5 Å². The van der Waals surface area contributed by atoms with Crippen LogP contribution in [0.25, 0.3) is 44.5 Å². The molecule has 4 aliphatic rings. The van der Waals surface area contributed by atoms with E-state index in [1.54, 1.807) is 24.3 Å². The van der Waals surface area contributed by atoms with Gasteiger partial charge in [0.25, 0.3) is 0 Å². The summed E-state index contributed by atoms with van der Waals surface area (Å²) in [6.45, 7) is 16.9. The molecule has 0 fully saturated rings. The Balaban J connectivity index is 1.05. The molecule has 0 saturated heterocycles. The predicted molar refractivity (Wildman–Crippen MR) is 325 cm³/mol. The van der Waals surface area contributed by atoms with Crippen LogP contribution in [0, 0.1) is 61.3 Å². The maximum Gasteiger partial charge on any atom is 0.416 e. The van der Waals surface area contributed by atoms with Gasteiger partial charge in [0.15, 0.2) is 0 Å². The second-order valence-corrected chi connectivity index (χ2v) is 22.2. The van der Waals surface area contributed by atoms with Crippen LogP contribution in [0.15, 0.2) is 240 Å². The SMILES string of the molecule is Cc1cccc(-c2ccc(N(C3=C4C=CC5=C6C(=CC=C(C=C3)C46)C(N(c3ccc(C(F)(F)F)cc3)c3ccc(-c4cccc(C)c4C)cc3-c3cccc(C)c3C)C=C5)c3ccc(C(F)(F)F)cc3)c(-c3cccc(C)c3C)c2)c1C. The van der Waals surface area contributed by atoms with Gasteiger partial charge in [-0.1, -0.05) is 127 Å². The Kier molecular flexibility index (Phi) is 13.5. The third-order valence-corrected chi connectivity index (χ3v) is 17.5. The van der Waals surface area contributed by atoms with E-state index in [9.17, 15) is 26.3 Å². The molecule has 0 bridgehead atoms. The van der Waals surface area contributed by atoms with Crippen molar-refractivity contribution in [1.29, 1.82) is 0 Å². The Bertz CT molecular complexity index is 4150. The maximum atomic E-state index is 14.4. The van der Waals surface area contributed by atoms with Gasteiger partial charge >= 0.3 is 12.4 Å². The highest BCUT2D eigenvalue weighted by Crippen LogP contribution is 2.54. The standard InChI is InChI=1S/C74H60F6N2/c1-43-13-9-17-59(47(43)5)53-25-39-69(65(41-53)61-19-11-15-45(3)49(61)7)81(57-31-27-55(28-32-57)73(75,76)77)67-37-23-51-22-36-64-68(38-24-52-21-35-63(67)71(51)72(52)64)82(58-33-29-56(30-34-58)74(78,79)80)70-40-26-54(60-18-10-14-44(2)48(60)6)42-66(70)62-20-12-16-46(4)50(62)8/h9-42,67,72H,1-8H3. The fraction of sp³-hybridized carbons (Fsp3) is 0.162. The zero-order chi connectivity index (χ0) is 57.5. The van der Waals surface area contributed by atoms with Gasteiger partial charge in [0.1, 0.15) is 0 Å². The summed E-state index contributed by atoms with van der Waals surface area (Å²) in [5.41, 5.74) is 24.2. The monoisotopic (exact) mass is 1090 g/mol. The first-order valence-corrected chi connectivity index (χ1v) is 27.7. The van der Waals surface area contributed by atoms with Gasteiger partial charge in [-0.25, -0.2) is 0 Å². The van der Waals surface area contributed by atoms with E-state index in [2.05, 4.69) is 217 Å². The number of hydrogen-bond acceptors (Lipinski definition) is 2. The molecule has 4 aliphatic carbocycles. The van der Waals surface area contributed by atoms with E-state index in [-0.39, 0.29) is 5.92 Å². The Morgan fingerprint density at radius 3 is 1.38 bits per heavy atom. The second-order valence-electron chi connectivity index (χ2n) is 22.2. The number of benzene rings is 8. The molecule has 2 unspecified atom stereocenters. The van der Waals surface area contributed by atoms with Crippen molar-refractivity contribution in [3.63, 3.8) is 0 Å². The van der Waals surface area contributed by atoms with Crippen LogP contribution >= 0.6 is 0 Å². The van der Waals surface area contributed by atoms with E-state index in [4.69, 9.17) is 0 Å². The smallest absolute Gasteiger partial charge is 0.330 e. The van der Waals surface area contributed by atoms with E-state index in [0.29, 0.717) is 11.4 Å². The van der Waals surface area contributed by atoms with Gasteiger partial charge in [-0.3, -0.25) is 0 Å². The van der Waals surface area contributed by atoms with Crippen LogP contribution in [0.3, 0.4) is 0 Å². The lowest BCUT2D eigenvalue weighted by atomic mass is 9.67. The summed E-state index contributed by atoms with van der Waals surface area (Å²) >= 11 is 0. The summed E-state index contributed by atoms with van der Waals surface area (Å²) in [6, 6.07) is 48.4. The highest BCUT2D eigenvalue weighted by Gasteiger charge is 2.41. The first-order chi connectivity index (χ1) is 39.3. The Morgan fingerprint density at radius 1 is 0.402 bits per heavy atom. The molecule has 0 aromatic heterocycles. The molecule has 2 atom stereocenters. The number of halogens is 6. The molecule has 408 valence electrons. The molecule has 0 spiro atoms. The highest BCUT2D eigenvalue weighted by molar-refractivity contribution is 5.93. The lowest BCUT2D eigenvalue weighted by Crippen LogP contribution is -2.37. The van der Waals surface area contributed by atoms with Crippen molar-refractivity contribution in [2.45, 2.75) is 73.8 Å². The number of aryl methyl sites for hydroxylation is 4. The average Bonchev–Trinajstić information content (AvgIpc) is 1.56. The van der Waals surface area contributed by atoms with Gasteiger partial charge in [0.05, 0.1) is 28.6 Å². The Hall–Kier alpha value is -8.88. The predicted octanol–water partition coefficient (Wildman–Crippen LogP) is 20.9. The summed E-state index contributed by atoms with van der Waals surface area (Å²) in [7, 11) is 0. The molecule has 8 aromatic rings. The number of alkyl halides is 6. The van der Waals surface area contributed by atoms with Gasteiger partial charge in [0.2, 0.25) is 0 Å². The third kappa shape index (κ3) is 9.38. The number of rotatable bonds is 10. The molecule has 0 saturated carbocycles. The molecule has 12 rings (SSSR count). The first-order valence-electron chi connectivity index (χ1n) is 27.7. The summed E-state index contributed by atoms with van der Waals surface area (Å²) in [6.07, 6.45) is 7.93. The van der Waals surface area contributed by atoms with Crippen LogP contribution in [0.1, 0.15) is 55.6 Å². The lowest BCUT2D eigenvalue weighted by Gasteiger charge is -2.44. The van der Waals surface area contributed by atoms with E-state index < -0.39 is 29.5 Å². The first kappa shape index (κ1) is 53.7. The zero-order valence-electron chi connectivity index (χ0n) is 46.9. The Morgan fingerprint density at radius 2 is 0.866 bits per heavy atom. The third-order valence-electron chi connectivity index (χ3n) is 17.5. The van der Waals surface area contributed by atoms with Gasteiger partial charge in [0, 0.05) is 34.1 Å². The van der Waals surface area contributed by atoms with Gasteiger partial charge < -0.3 is 9.80 Å². The molecule has 0 amide bonds. The van der Waals surface area contributed by atoms with Crippen molar-refractivity contribution in [3.05, 3.63) is 296 Å². The molecule has 2 nitrogen and oxygen atoms in total. The summed E-state index contributed by atoms with van der Waals surface area (Å²) in [4.78, 5) is 4.29. The lowest BCUT2D eigenvalue weighted by molar-refractivity contribution is -0.138. The van der Waals surface area contributed by atoms with Crippen molar-refractivity contribution in [2.24, 2.45) is 5.92 Å². The molecule has 82 heavy (non-hydrogen) atoms. The van der Waals surface area contributed by atoms with Crippen molar-refractivity contribution in [2.75, 3.05) is 9.80 Å². The van der Waals surface area contributed by atoms with E-state index in [0.717, 1.165) is 147 Å². The van der Waals surface area contributed by atoms with E-state index in [1.807, 2.05) is 6.07 Å². The summed E-state index contributed by atoms with van der Waals surface area (Å²) in [5.74, 6) is -0.317. The van der Waals surface area contributed by atoms with Crippen molar-refractivity contribution in [1.82, 2.24) is 0 Å². The molecular weight excluding hydrogens is 1030 g/mol. The van der Waals surface area contributed by atoms with Crippen LogP contribution in [0.4, 0.5) is 49.1 Å². The quantitative estimate of drug-likeness (QED) is 0.126. The van der Waals surface area contributed by atoms with E-state index >= 15 is 0 Å². The fourth-order valence-electron chi connectivity index (χ4n) is 12.5. The molecule has 0 radical (unpaired) electrons. The number of anilines is 4. The van der Waals surface area contributed by atoms with Gasteiger partial charge in [-0.2, -0.15) is 26.3 Å². The fourth-order valence-corrected chi connectivity index (χ4v) is 12.5. The van der Waals surface area contributed by atoms with E-state index in [1.165, 1.54) is 11.1 Å². The molecular formula is C74H60F6N2. The van der Waals surface area contributed by atoms with Gasteiger partial charge in [-0.05, 0) is 240 Å². The van der Waals surface area contributed by atoms with Gasteiger partial charge in [-0.15, -0.1) is 0 Å². The van der Waals surface area contributed by atoms with Crippen LogP contribution < -0.4 is 9.80 Å². The second kappa shape index (κ2) is 20.6. The van der Waals surface area contributed by atoms with Crippen LogP contribution in [0.2, 0.25) is 0 Å². The maximum absolute atomic E-state index is 14.4. The van der Waals surface area contributed by atoms with Crippen LogP contribution in [0.5, 0.6) is 0 Å². The molecule has 0 N–H and O–H groups in total. The minimum absolute atomic E-state index is 0.317. The number of allylic oxidation sites excluding steroid dienone is 10. The van der Waals surface area contributed by atoms with Crippen molar-refractivity contribution < 1.29 is 26.3 Å². The summed E-state index contributed by atoms with van der Waals surface area (Å²) in [5, 5.41) is 0. The normalized spacial score (nSPS) is 16.3. The molecule has 8 aromatic carbocycles. The molecule has 0 heterocycles. The Labute approximate surface area is 476 Å². The molecule has 0 aliphatic heterocycles. The minimum Gasteiger partial charge on any atom is -0.330 e. The summed E-state index contributed by atoms with van der Waals surface area (Å²) < 4.78 is 86.5. The number of nitrogens with zero attached hydrogens (tertiary/aromatic N) is 2. The number of hydrogen-bond donors (Lipinski definition) is 0. The average molecular weight is 1090 g/mol. The van der Waals surface area contributed by atoms with Crippen molar-refractivity contribution >= 4 is 22.7 Å². The highest BCUT2D eigenvalue weighted by atomic mass is 19.4. The topological polar surface area (TPSA) is 6.48 Å².